The second kappa shape index (κ2) is 6.90. The van der Waals surface area contributed by atoms with Gasteiger partial charge < -0.3 is 14.7 Å². The molecule has 2 aliphatic rings. The minimum absolute atomic E-state index is 0.0379. The van der Waals surface area contributed by atoms with E-state index >= 15 is 0 Å². The van der Waals surface area contributed by atoms with Crippen LogP contribution in [-0.4, -0.2) is 81.5 Å². The molecule has 8 heteroatoms. The molecule has 1 amide bonds. The summed E-state index contributed by atoms with van der Waals surface area (Å²) in [6.45, 7) is 5.69. The lowest BCUT2D eigenvalue weighted by Crippen LogP contribution is -2.61. The van der Waals surface area contributed by atoms with Gasteiger partial charge in [0.25, 0.3) is 5.91 Å². The Morgan fingerprint density at radius 1 is 1.33 bits per heavy atom. The first-order valence-corrected chi connectivity index (χ1v) is 8.45. The Hall–Kier alpha value is -1.93. The van der Waals surface area contributed by atoms with Crippen LogP contribution in [0.15, 0.2) is 12.4 Å². The highest BCUT2D eigenvalue weighted by atomic mass is 16.5. The lowest BCUT2D eigenvalue weighted by atomic mass is 9.95. The Labute approximate surface area is 141 Å². The van der Waals surface area contributed by atoms with Crippen molar-refractivity contribution in [2.45, 2.75) is 31.8 Å². The molecule has 1 atom stereocenters. The van der Waals surface area contributed by atoms with Crippen LogP contribution in [-0.2, 0) is 16.1 Å². The number of nitrogens with zero attached hydrogens (tertiary/aromatic N) is 4. The molecule has 0 spiro atoms. The molecule has 3 rings (SSSR count). The summed E-state index contributed by atoms with van der Waals surface area (Å²) in [5.74, 6) is -0.871. The zero-order valence-electron chi connectivity index (χ0n) is 14.0. The second-order valence-corrected chi connectivity index (χ2v) is 6.41. The van der Waals surface area contributed by atoms with E-state index in [1.54, 1.807) is 22.0 Å². The number of carbonyl (C=O) groups is 2. The fraction of sp³-hybridized carbons (Fsp3) is 0.688. The number of aromatic nitrogens is 2. The standard InChI is InChI=1S/C16H24N4O4/c1-2-4-20-11-13(10-17-20)14(21)18-5-7-19(8-6-18)16(15(22)23)3-9-24-12-16/h10-11H,2-9,12H2,1H3,(H,22,23). The summed E-state index contributed by atoms with van der Waals surface area (Å²) in [5.41, 5.74) is -0.338. The number of amides is 1. The molecular weight excluding hydrogens is 312 g/mol. The average molecular weight is 336 g/mol. The molecule has 0 saturated carbocycles. The number of aliphatic carboxylic acids is 1. The molecule has 132 valence electrons. The zero-order valence-corrected chi connectivity index (χ0v) is 14.0. The Morgan fingerprint density at radius 2 is 2.08 bits per heavy atom. The largest absolute Gasteiger partial charge is 0.480 e. The highest BCUT2D eigenvalue weighted by Gasteiger charge is 2.48. The van der Waals surface area contributed by atoms with Crippen LogP contribution < -0.4 is 0 Å². The lowest BCUT2D eigenvalue weighted by Gasteiger charge is -2.42. The molecule has 2 fully saturated rings. The van der Waals surface area contributed by atoms with Crippen LogP contribution in [0.25, 0.3) is 0 Å². The van der Waals surface area contributed by atoms with Crippen molar-refractivity contribution in [2.75, 3.05) is 39.4 Å². The van der Waals surface area contributed by atoms with E-state index in [0.717, 1.165) is 13.0 Å². The number of carboxylic acid groups (broad SMARTS) is 1. The third-order valence-corrected chi connectivity index (χ3v) is 4.90. The molecule has 0 aromatic carbocycles. The number of carboxylic acids is 1. The minimum atomic E-state index is -0.929. The van der Waals surface area contributed by atoms with Gasteiger partial charge in [-0.25, -0.2) is 0 Å². The van der Waals surface area contributed by atoms with Crippen molar-refractivity contribution in [3.63, 3.8) is 0 Å². The van der Waals surface area contributed by atoms with Gasteiger partial charge in [-0.15, -0.1) is 0 Å². The summed E-state index contributed by atoms with van der Waals surface area (Å²) >= 11 is 0. The van der Waals surface area contributed by atoms with E-state index in [1.807, 2.05) is 4.90 Å². The molecule has 0 radical (unpaired) electrons. The molecular formula is C16H24N4O4. The summed E-state index contributed by atoms with van der Waals surface area (Å²) < 4.78 is 7.11. The summed E-state index contributed by atoms with van der Waals surface area (Å²) in [7, 11) is 0. The predicted octanol–water partition coefficient (Wildman–Crippen LogP) is 0.295. The zero-order chi connectivity index (χ0) is 17.2. The van der Waals surface area contributed by atoms with Crippen molar-refractivity contribution >= 4 is 11.9 Å². The molecule has 0 bridgehead atoms. The maximum absolute atomic E-state index is 12.6. The van der Waals surface area contributed by atoms with Gasteiger partial charge >= 0.3 is 5.97 Å². The highest BCUT2D eigenvalue weighted by Crippen LogP contribution is 2.28. The second-order valence-electron chi connectivity index (χ2n) is 6.41. The van der Waals surface area contributed by atoms with Gasteiger partial charge in [-0.2, -0.15) is 5.10 Å². The van der Waals surface area contributed by atoms with Crippen LogP contribution >= 0.6 is 0 Å². The first-order valence-electron chi connectivity index (χ1n) is 8.45. The molecule has 2 aliphatic heterocycles. The fourth-order valence-electron chi connectivity index (χ4n) is 3.45. The normalized spacial score (nSPS) is 25.1. The minimum Gasteiger partial charge on any atom is -0.480 e. The van der Waals surface area contributed by atoms with Crippen molar-refractivity contribution in [3.05, 3.63) is 18.0 Å². The molecule has 1 unspecified atom stereocenters. The van der Waals surface area contributed by atoms with Crippen LogP contribution in [0.3, 0.4) is 0 Å². The quantitative estimate of drug-likeness (QED) is 0.832. The Balaban J connectivity index is 1.62. The van der Waals surface area contributed by atoms with E-state index in [1.165, 1.54) is 0 Å². The van der Waals surface area contributed by atoms with Gasteiger partial charge in [0.05, 0.1) is 18.4 Å². The smallest absolute Gasteiger partial charge is 0.326 e. The molecule has 3 heterocycles. The molecule has 2 saturated heterocycles. The van der Waals surface area contributed by atoms with Gasteiger partial charge in [-0.1, -0.05) is 6.92 Å². The van der Waals surface area contributed by atoms with Crippen LogP contribution in [0.5, 0.6) is 0 Å². The van der Waals surface area contributed by atoms with E-state index in [4.69, 9.17) is 4.74 Å². The van der Waals surface area contributed by atoms with Crippen LogP contribution in [0.4, 0.5) is 0 Å². The first-order chi connectivity index (χ1) is 11.6. The Bertz CT molecular complexity index is 601. The lowest BCUT2D eigenvalue weighted by molar-refractivity contribution is -0.152. The van der Waals surface area contributed by atoms with Crippen LogP contribution in [0, 0.1) is 0 Å². The number of ether oxygens (including phenoxy) is 1. The maximum Gasteiger partial charge on any atom is 0.326 e. The van der Waals surface area contributed by atoms with E-state index < -0.39 is 11.5 Å². The molecule has 24 heavy (non-hydrogen) atoms. The number of aryl methyl sites for hydroxylation is 1. The maximum atomic E-state index is 12.6. The average Bonchev–Trinajstić information content (AvgIpc) is 3.25. The molecule has 0 aliphatic carbocycles. The van der Waals surface area contributed by atoms with Crippen molar-refractivity contribution in [2.24, 2.45) is 0 Å². The van der Waals surface area contributed by atoms with Gasteiger partial charge in [-0.3, -0.25) is 19.2 Å². The van der Waals surface area contributed by atoms with Crippen molar-refractivity contribution in [1.82, 2.24) is 19.6 Å². The molecule has 1 aromatic heterocycles. The predicted molar refractivity (Wildman–Crippen MR) is 85.8 cm³/mol. The van der Waals surface area contributed by atoms with E-state index in [0.29, 0.717) is 44.8 Å². The fourth-order valence-corrected chi connectivity index (χ4v) is 3.45. The van der Waals surface area contributed by atoms with Gasteiger partial charge in [0, 0.05) is 51.9 Å². The van der Waals surface area contributed by atoms with Gasteiger partial charge in [0.1, 0.15) is 5.54 Å². The third kappa shape index (κ3) is 3.03. The summed E-state index contributed by atoms with van der Waals surface area (Å²) in [6, 6.07) is 0. The third-order valence-electron chi connectivity index (χ3n) is 4.90. The first kappa shape index (κ1) is 16.9. The topological polar surface area (TPSA) is 87.9 Å². The molecule has 1 aromatic rings. The Kier molecular flexibility index (Phi) is 4.86. The highest BCUT2D eigenvalue weighted by molar-refractivity contribution is 5.93. The Morgan fingerprint density at radius 3 is 2.67 bits per heavy atom. The van der Waals surface area contributed by atoms with Gasteiger partial charge in [0.15, 0.2) is 0 Å². The van der Waals surface area contributed by atoms with Gasteiger partial charge in [-0.05, 0) is 6.42 Å². The van der Waals surface area contributed by atoms with Crippen LogP contribution in [0.2, 0.25) is 0 Å². The van der Waals surface area contributed by atoms with E-state index in [2.05, 4.69) is 12.0 Å². The molecule has 8 nitrogen and oxygen atoms in total. The number of piperazine rings is 1. The number of rotatable bonds is 5. The van der Waals surface area contributed by atoms with E-state index in [-0.39, 0.29) is 12.5 Å². The van der Waals surface area contributed by atoms with Crippen LogP contribution in [0.1, 0.15) is 30.1 Å². The van der Waals surface area contributed by atoms with Crippen molar-refractivity contribution in [1.29, 1.82) is 0 Å². The van der Waals surface area contributed by atoms with Crippen molar-refractivity contribution < 1.29 is 19.4 Å². The summed E-state index contributed by atoms with van der Waals surface area (Å²) in [6.07, 6.45) is 4.85. The number of carbonyl (C=O) groups excluding carboxylic acids is 1. The number of hydrogen-bond donors (Lipinski definition) is 1. The monoisotopic (exact) mass is 336 g/mol. The summed E-state index contributed by atoms with van der Waals surface area (Å²) in [5, 5.41) is 13.8. The van der Waals surface area contributed by atoms with Crippen molar-refractivity contribution in [3.8, 4) is 0 Å². The molecule has 1 N–H and O–H groups in total. The van der Waals surface area contributed by atoms with E-state index in [9.17, 15) is 14.7 Å². The SMILES string of the molecule is CCCn1cc(C(=O)N2CCN(C3(C(=O)O)CCOC3)CC2)cn1. The number of hydrogen-bond acceptors (Lipinski definition) is 5. The summed E-state index contributed by atoms with van der Waals surface area (Å²) in [4.78, 5) is 28.0. The van der Waals surface area contributed by atoms with Gasteiger partial charge in [0.2, 0.25) is 0 Å².